The van der Waals surface area contributed by atoms with Crippen LogP contribution in [0.5, 0.6) is 0 Å². The van der Waals surface area contributed by atoms with E-state index < -0.39 is 0 Å². The molecule has 1 rings (SSSR count). The fourth-order valence-corrected chi connectivity index (χ4v) is 2.09. The van der Waals surface area contributed by atoms with Gasteiger partial charge in [-0.15, -0.1) is 11.8 Å². The van der Waals surface area contributed by atoms with Gasteiger partial charge in [-0.2, -0.15) is 0 Å². The van der Waals surface area contributed by atoms with E-state index in [0.29, 0.717) is 11.7 Å². The summed E-state index contributed by atoms with van der Waals surface area (Å²) in [7, 11) is 0. The number of nitrogens with one attached hydrogen (secondary N) is 1. The maximum atomic E-state index is 10.9. The second-order valence-electron chi connectivity index (χ2n) is 3.22. The van der Waals surface area contributed by atoms with Crippen molar-refractivity contribution in [2.45, 2.75) is 29.9 Å². The third-order valence-corrected chi connectivity index (χ3v) is 3.11. The highest BCUT2D eigenvalue weighted by atomic mass is 32.2. The molecule has 1 unspecified atom stereocenters. The highest BCUT2D eigenvalue weighted by Gasteiger charge is 2.06. The van der Waals surface area contributed by atoms with Crippen molar-refractivity contribution >= 4 is 17.7 Å². The first-order valence-electron chi connectivity index (χ1n) is 4.78. The average Bonchev–Trinajstić information content (AvgIpc) is 2.27. The Balaban J connectivity index is 2.30. The lowest BCUT2D eigenvalue weighted by Crippen LogP contribution is -2.30. The van der Waals surface area contributed by atoms with Gasteiger partial charge in [0.05, 0.1) is 0 Å². The number of amides is 1. The molecule has 1 heterocycles. The molecule has 1 atom stereocenters. The van der Waals surface area contributed by atoms with Crippen LogP contribution in [0.3, 0.4) is 0 Å². The monoisotopic (exact) mass is 225 g/mol. The summed E-state index contributed by atoms with van der Waals surface area (Å²) in [5.41, 5.74) is 2.13. The molecule has 1 aromatic rings. The van der Waals surface area contributed by atoms with Crippen molar-refractivity contribution in [2.24, 2.45) is 5.84 Å². The second kappa shape index (κ2) is 6.42. The number of hydrogen-bond donors (Lipinski definition) is 2. The lowest BCUT2D eigenvalue weighted by atomic mass is 10.2. The molecule has 0 aromatic carbocycles. The number of nitrogens with zero attached hydrogens (tertiary/aromatic N) is 1. The molecular weight excluding hydrogens is 210 g/mol. The minimum atomic E-state index is -0.114. The third-order valence-electron chi connectivity index (χ3n) is 1.93. The molecule has 0 bridgehead atoms. The number of pyridine rings is 1. The zero-order valence-corrected chi connectivity index (χ0v) is 9.46. The van der Waals surface area contributed by atoms with Gasteiger partial charge >= 0.3 is 0 Å². The summed E-state index contributed by atoms with van der Waals surface area (Å²) in [4.78, 5) is 16.0. The summed E-state index contributed by atoms with van der Waals surface area (Å²) in [6.07, 6.45) is 4.81. The Kier molecular flexibility index (Phi) is 5.14. The van der Waals surface area contributed by atoms with E-state index in [1.165, 1.54) is 4.90 Å². The molecule has 0 fully saturated rings. The number of hydrogen-bond acceptors (Lipinski definition) is 4. The van der Waals surface area contributed by atoms with E-state index in [2.05, 4.69) is 17.3 Å². The number of hydrazine groups is 1. The van der Waals surface area contributed by atoms with Gasteiger partial charge in [-0.1, -0.05) is 6.92 Å². The first-order valence-corrected chi connectivity index (χ1v) is 5.66. The topological polar surface area (TPSA) is 68.0 Å². The van der Waals surface area contributed by atoms with Crippen molar-refractivity contribution in [1.29, 1.82) is 0 Å². The van der Waals surface area contributed by atoms with Gasteiger partial charge in [-0.05, 0) is 18.6 Å². The van der Waals surface area contributed by atoms with Gasteiger partial charge in [0.15, 0.2) is 0 Å². The van der Waals surface area contributed by atoms with E-state index in [0.717, 1.165) is 6.42 Å². The van der Waals surface area contributed by atoms with Gasteiger partial charge in [0.2, 0.25) is 5.91 Å². The van der Waals surface area contributed by atoms with Crippen LogP contribution in [0.15, 0.2) is 29.4 Å². The van der Waals surface area contributed by atoms with Crippen LogP contribution in [-0.2, 0) is 4.79 Å². The van der Waals surface area contributed by atoms with Crippen LogP contribution >= 0.6 is 11.8 Å². The average molecular weight is 225 g/mol. The van der Waals surface area contributed by atoms with Crippen LogP contribution < -0.4 is 11.3 Å². The maximum absolute atomic E-state index is 10.9. The van der Waals surface area contributed by atoms with Gasteiger partial charge in [0.1, 0.15) is 0 Å². The van der Waals surface area contributed by atoms with Crippen LogP contribution in [0.4, 0.5) is 0 Å². The van der Waals surface area contributed by atoms with Crippen LogP contribution in [0, 0.1) is 0 Å². The van der Waals surface area contributed by atoms with Crippen LogP contribution in [0.1, 0.15) is 19.8 Å². The summed E-state index contributed by atoms with van der Waals surface area (Å²) in [5, 5.41) is 0.393. The molecule has 0 spiro atoms. The van der Waals surface area contributed by atoms with Crippen molar-refractivity contribution in [1.82, 2.24) is 10.4 Å². The Labute approximate surface area is 93.6 Å². The van der Waals surface area contributed by atoms with E-state index in [-0.39, 0.29) is 5.91 Å². The number of thioether (sulfide) groups is 1. The summed E-state index contributed by atoms with van der Waals surface area (Å²) in [6.45, 7) is 2.09. The van der Waals surface area contributed by atoms with E-state index in [4.69, 9.17) is 5.84 Å². The Morgan fingerprint density at radius 1 is 1.60 bits per heavy atom. The maximum Gasteiger partial charge on any atom is 0.233 e. The quantitative estimate of drug-likeness (QED) is 0.343. The van der Waals surface area contributed by atoms with Crippen molar-refractivity contribution in [3.8, 4) is 0 Å². The Bertz CT molecular complexity index is 305. The Hall–Kier alpha value is -1.07. The molecular formula is C10H15N3OS. The van der Waals surface area contributed by atoms with Gasteiger partial charge < -0.3 is 0 Å². The van der Waals surface area contributed by atoms with Gasteiger partial charge in [-0.3, -0.25) is 15.2 Å². The molecule has 1 aromatic heterocycles. The minimum Gasteiger partial charge on any atom is -0.294 e. The second-order valence-corrected chi connectivity index (χ2v) is 4.73. The van der Waals surface area contributed by atoms with E-state index in [1.807, 2.05) is 12.1 Å². The predicted molar refractivity (Wildman–Crippen MR) is 61.1 cm³/mol. The molecule has 1 amide bonds. The molecule has 0 radical (unpaired) electrons. The molecule has 4 nitrogen and oxygen atoms in total. The van der Waals surface area contributed by atoms with Crippen molar-refractivity contribution in [2.75, 3.05) is 0 Å². The first-order chi connectivity index (χ1) is 7.22. The minimum absolute atomic E-state index is 0.114. The number of nitrogens with two attached hydrogens (primary N) is 1. The molecule has 0 aliphatic rings. The van der Waals surface area contributed by atoms with E-state index >= 15 is 0 Å². The molecule has 0 aliphatic heterocycles. The van der Waals surface area contributed by atoms with E-state index in [1.54, 1.807) is 24.2 Å². The number of rotatable bonds is 5. The molecule has 0 aliphatic carbocycles. The highest BCUT2D eigenvalue weighted by Crippen LogP contribution is 2.24. The fourth-order valence-electron chi connectivity index (χ4n) is 1.11. The van der Waals surface area contributed by atoms with Gasteiger partial charge in [0, 0.05) is 29.0 Å². The molecule has 15 heavy (non-hydrogen) atoms. The summed E-state index contributed by atoms with van der Waals surface area (Å²) in [5.74, 6) is 4.88. The van der Waals surface area contributed by atoms with Crippen LogP contribution in [-0.4, -0.2) is 16.1 Å². The smallest absolute Gasteiger partial charge is 0.233 e. The predicted octanol–water partition coefficient (Wildman–Crippen LogP) is 1.33. The third kappa shape index (κ3) is 4.80. The zero-order valence-electron chi connectivity index (χ0n) is 8.64. The zero-order chi connectivity index (χ0) is 11.1. The number of aromatic nitrogens is 1. The van der Waals surface area contributed by atoms with Crippen molar-refractivity contribution in [3.63, 3.8) is 0 Å². The van der Waals surface area contributed by atoms with Gasteiger partial charge in [0.25, 0.3) is 0 Å². The summed E-state index contributed by atoms with van der Waals surface area (Å²) in [6, 6.07) is 3.92. The molecule has 5 heteroatoms. The summed E-state index contributed by atoms with van der Waals surface area (Å²) >= 11 is 1.74. The lowest BCUT2D eigenvalue weighted by Gasteiger charge is -2.09. The van der Waals surface area contributed by atoms with Crippen LogP contribution in [0.2, 0.25) is 0 Å². The van der Waals surface area contributed by atoms with Crippen LogP contribution in [0.25, 0.3) is 0 Å². The van der Waals surface area contributed by atoms with Crippen molar-refractivity contribution in [3.05, 3.63) is 24.5 Å². The largest absolute Gasteiger partial charge is 0.294 e. The fraction of sp³-hybridized carbons (Fsp3) is 0.400. The Morgan fingerprint density at radius 3 is 2.87 bits per heavy atom. The molecule has 0 saturated heterocycles. The van der Waals surface area contributed by atoms with Crippen molar-refractivity contribution < 1.29 is 4.79 Å². The standard InChI is InChI=1S/C10H15N3OS/c1-8(2-3-10(14)13-11)15-9-4-6-12-7-5-9/h4-8H,2-3,11H2,1H3,(H,13,14). The molecule has 3 N–H and O–H groups in total. The Morgan fingerprint density at radius 2 is 2.27 bits per heavy atom. The first kappa shape index (κ1) is 12.0. The highest BCUT2D eigenvalue weighted by molar-refractivity contribution is 7.99. The van der Waals surface area contributed by atoms with E-state index in [9.17, 15) is 4.79 Å². The normalized spacial score (nSPS) is 12.1. The number of carbonyl (C=O) groups is 1. The number of carbonyl (C=O) groups excluding carboxylic acids is 1. The van der Waals surface area contributed by atoms with Gasteiger partial charge in [-0.25, -0.2) is 5.84 Å². The SMILES string of the molecule is CC(CCC(=O)NN)Sc1ccncc1. The lowest BCUT2D eigenvalue weighted by molar-refractivity contribution is -0.121. The summed E-state index contributed by atoms with van der Waals surface area (Å²) < 4.78 is 0. The molecule has 82 valence electrons. The molecule has 0 saturated carbocycles.